The van der Waals surface area contributed by atoms with Gasteiger partial charge in [0, 0.05) is 23.1 Å². The summed E-state index contributed by atoms with van der Waals surface area (Å²) in [6, 6.07) is 14.7. The highest BCUT2D eigenvalue weighted by Gasteiger charge is 2.15. The maximum atomic E-state index is 11.8. The first-order valence-electron chi connectivity index (χ1n) is 8.87. The van der Waals surface area contributed by atoms with Crippen LogP contribution < -0.4 is 5.32 Å². The number of hydrogen-bond acceptors (Lipinski definition) is 4. The minimum absolute atomic E-state index is 0.333. The molecule has 6 heteroatoms. The number of aromatic nitrogens is 1. The number of halogens is 1. The van der Waals surface area contributed by atoms with Gasteiger partial charge in [0.2, 0.25) is 0 Å². The van der Waals surface area contributed by atoms with Crippen LogP contribution in [0.1, 0.15) is 36.7 Å². The Labute approximate surface area is 168 Å². The van der Waals surface area contributed by atoms with Crippen molar-refractivity contribution in [2.45, 2.75) is 32.9 Å². The van der Waals surface area contributed by atoms with E-state index in [-0.39, 0.29) is 0 Å². The molecule has 0 saturated heterocycles. The number of rotatable bonds is 4. The van der Waals surface area contributed by atoms with Gasteiger partial charge in [0.05, 0.1) is 16.2 Å². The highest BCUT2D eigenvalue weighted by atomic mass is 35.5. The second-order valence-corrected chi connectivity index (χ2v) is 7.85. The summed E-state index contributed by atoms with van der Waals surface area (Å²) >= 11 is 6.41. The van der Waals surface area contributed by atoms with Crippen LogP contribution in [-0.2, 0) is 11.3 Å². The molecule has 1 N–H and O–H groups in total. The molecule has 0 fully saturated rings. The maximum Gasteiger partial charge on any atom is 0.407 e. The van der Waals surface area contributed by atoms with Gasteiger partial charge in [-0.1, -0.05) is 41.9 Å². The third kappa shape index (κ3) is 4.87. The number of ether oxygens (including phenoxy) is 1. The van der Waals surface area contributed by atoms with Crippen molar-refractivity contribution < 1.29 is 14.3 Å². The average Bonchev–Trinajstić information content (AvgIpc) is 2.64. The molecule has 5 nitrogen and oxygen atoms in total. The van der Waals surface area contributed by atoms with Gasteiger partial charge >= 0.3 is 6.09 Å². The van der Waals surface area contributed by atoms with E-state index in [0.29, 0.717) is 28.3 Å². The lowest BCUT2D eigenvalue weighted by atomic mass is 10.1. The van der Waals surface area contributed by atoms with Crippen LogP contribution in [0, 0.1) is 0 Å². The van der Waals surface area contributed by atoms with Gasteiger partial charge in [-0.25, -0.2) is 9.78 Å². The maximum absolute atomic E-state index is 11.8. The Hall–Kier alpha value is -2.92. The molecule has 0 aliphatic heterocycles. The molecule has 0 radical (unpaired) electrons. The molecule has 0 atom stereocenters. The van der Waals surface area contributed by atoms with Crippen LogP contribution in [0.15, 0.2) is 48.5 Å². The number of benzene rings is 2. The summed E-state index contributed by atoms with van der Waals surface area (Å²) in [5.41, 5.74) is 3.12. The predicted octanol–water partition coefficient (Wildman–Crippen LogP) is 5.39. The van der Waals surface area contributed by atoms with Gasteiger partial charge in [0.15, 0.2) is 0 Å². The van der Waals surface area contributed by atoms with E-state index < -0.39 is 11.7 Å². The first-order valence-corrected chi connectivity index (χ1v) is 9.24. The van der Waals surface area contributed by atoms with Gasteiger partial charge in [-0.15, -0.1) is 0 Å². The molecule has 28 heavy (non-hydrogen) atoms. The molecule has 2 aromatic carbocycles. The van der Waals surface area contributed by atoms with Crippen molar-refractivity contribution >= 4 is 34.9 Å². The van der Waals surface area contributed by atoms with Gasteiger partial charge in [0.25, 0.3) is 0 Å². The van der Waals surface area contributed by atoms with E-state index in [0.717, 1.165) is 22.8 Å². The number of amides is 1. The van der Waals surface area contributed by atoms with Gasteiger partial charge < -0.3 is 10.1 Å². The minimum Gasteiger partial charge on any atom is -0.444 e. The molecule has 1 amide bonds. The van der Waals surface area contributed by atoms with E-state index in [1.54, 1.807) is 24.3 Å². The first kappa shape index (κ1) is 19.8. The van der Waals surface area contributed by atoms with E-state index in [4.69, 9.17) is 16.3 Å². The summed E-state index contributed by atoms with van der Waals surface area (Å²) < 4.78 is 5.25. The van der Waals surface area contributed by atoms with Crippen molar-refractivity contribution in [1.82, 2.24) is 10.3 Å². The quantitative estimate of drug-likeness (QED) is 0.600. The van der Waals surface area contributed by atoms with Crippen molar-refractivity contribution in [3.8, 4) is 11.3 Å². The predicted molar refractivity (Wildman–Crippen MR) is 111 cm³/mol. The largest absolute Gasteiger partial charge is 0.444 e. The van der Waals surface area contributed by atoms with Gasteiger partial charge in [-0.2, -0.15) is 0 Å². The highest BCUT2D eigenvalue weighted by molar-refractivity contribution is 6.35. The Balaban J connectivity index is 1.85. The first-order chi connectivity index (χ1) is 13.2. The molecule has 1 heterocycles. The fraction of sp³-hybridized carbons (Fsp3) is 0.227. The number of alkyl carbamates (subject to hydrolysis) is 1. The lowest BCUT2D eigenvalue weighted by Gasteiger charge is -2.19. The van der Waals surface area contributed by atoms with Crippen LogP contribution in [0.2, 0.25) is 5.02 Å². The van der Waals surface area contributed by atoms with Crippen molar-refractivity contribution in [2.75, 3.05) is 0 Å². The summed E-state index contributed by atoms with van der Waals surface area (Å²) in [6.07, 6.45) is 0.316. The number of carbonyl (C=O) groups excluding carboxylic acids is 2. The van der Waals surface area contributed by atoms with E-state index in [1.165, 1.54) is 0 Å². The highest BCUT2D eigenvalue weighted by Crippen LogP contribution is 2.29. The van der Waals surface area contributed by atoms with Crippen LogP contribution in [0.4, 0.5) is 4.79 Å². The zero-order valence-electron chi connectivity index (χ0n) is 16.0. The molecule has 3 rings (SSSR count). The summed E-state index contributed by atoms with van der Waals surface area (Å²) in [6.45, 7) is 5.79. The standard InChI is InChI=1S/C22H21ClN2O3/c1-22(2,3)28-21(27)24-12-14-5-4-6-16(9-14)19-11-18(23)17-8-7-15(13-26)10-20(17)25-19/h4-11,13H,12H2,1-3H3,(H,24,27). The van der Waals surface area contributed by atoms with E-state index in [9.17, 15) is 9.59 Å². The zero-order valence-corrected chi connectivity index (χ0v) is 16.7. The monoisotopic (exact) mass is 396 g/mol. The average molecular weight is 397 g/mol. The van der Waals surface area contributed by atoms with Crippen LogP contribution in [-0.4, -0.2) is 23.0 Å². The number of fused-ring (bicyclic) bond motifs is 1. The molecule has 0 unspecified atom stereocenters. The molecule has 0 bridgehead atoms. The topological polar surface area (TPSA) is 68.3 Å². The van der Waals surface area contributed by atoms with Gasteiger partial charge in [-0.05, 0) is 44.5 Å². The van der Waals surface area contributed by atoms with Crippen molar-refractivity contribution in [3.63, 3.8) is 0 Å². The van der Waals surface area contributed by atoms with E-state index in [1.807, 2.05) is 45.0 Å². The molecule has 0 saturated carbocycles. The lowest BCUT2D eigenvalue weighted by molar-refractivity contribution is 0.0523. The Morgan fingerprint density at radius 1 is 1.18 bits per heavy atom. The fourth-order valence-electron chi connectivity index (χ4n) is 2.75. The van der Waals surface area contributed by atoms with Crippen LogP contribution >= 0.6 is 11.6 Å². The smallest absolute Gasteiger partial charge is 0.407 e. The minimum atomic E-state index is -0.544. The lowest BCUT2D eigenvalue weighted by Crippen LogP contribution is -2.32. The number of aldehydes is 1. The molecular formula is C22H21ClN2O3. The summed E-state index contributed by atoms with van der Waals surface area (Å²) in [5.74, 6) is 0. The van der Waals surface area contributed by atoms with Gasteiger partial charge in [-0.3, -0.25) is 4.79 Å². The number of nitrogens with zero attached hydrogens (tertiary/aromatic N) is 1. The number of pyridine rings is 1. The zero-order chi connectivity index (χ0) is 20.3. The van der Waals surface area contributed by atoms with Crippen molar-refractivity contribution in [2.24, 2.45) is 0 Å². The Kier molecular flexibility index (Phi) is 5.66. The number of carbonyl (C=O) groups is 2. The molecule has 0 spiro atoms. The Morgan fingerprint density at radius 2 is 1.96 bits per heavy atom. The normalized spacial score (nSPS) is 11.3. The molecular weight excluding hydrogens is 376 g/mol. The summed E-state index contributed by atoms with van der Waals surface area (Å²) in [5, 5.41) is 4.10. The third-order valence-electron chi connectivity index (χ3n) is 3.98. The number of hydrogen-bond donors (Lipinski definition) is 1. The second-order valence-electron chi connectivity index (χ2n) is 7.44. The molecule has 3 aromatic rings. The third-order valence-corrected chi connectivity index (χ3v) is 4.29. The molecule has 1 aromatic heterocycles. The number of nitrogens with one attached hydrogen (secondary N) is 1. The van der Waals surface area contributed by atoms with Crippen LogP contribution in [0.5, 0.6) is 0 Å². The molecule has 0 aliphatic rings. The van der Waals surface area contributed by atoms with E-state index in [2.05, 4.69) is 10.3 Å². The summed E-state index contributed by atoms with van der Waals surface area (Å²) in [7, 11) is 0. The Bertz CT molecular complexity index is 1040. The van der Waals surface area contributed by atoms with E-state index >= 15 is 0 Å². The second kappa shape index (κ2) is 7.98. The fourth-order valence-corrected chi connectivity index (χ4v) is 3.02. The summed E-state index contributed by atoms with van der Waals surface area (Å²) in [4.78, 5) is 27.5. The van der Waals surface area contributed by atoms with Crippen molar-refractivity contribution in [3.05, 3.63) is 64.7 Å². The Morgan fingerprint density at radius 3 is 2.68 bits per heavy atom. The van der Waals surface area contributed by atoms with Crippen LogP contribution in [0.3, 0.4) is 0 Å². The van der Waals surface area contributed by atoms with Crippen molar-refractivity contribution in [1.29, 1.82) is 0 Å². The van der Waals surface area contributed by atoms with Crippen LogP contribution in [0.25, 0.3) is 22.2 Å². The molecule has 144 valence electrons. The SMILES string of the molecule is CC(C)(C)OC(=O)NCc1cccc(-c2cc(Cl)c3ccc(C=O)cc3n2)c1. The van der Waals surface area contributed by atoms with Gasteiger partial charge in [0.1, 0.15) is 11.9 Å². The molecule has 0 aliphatic carbocycles.